The SMILES string of the molecule is CN=S(=O)(CCC(F)=C(F)F)c1ncc(Cl)s1. The zero-order valence-electron chi connectivity index (χ0n) is 8.62. The monoisotopic (exact) mass is 304 g/mol. The van der Waals surface area contributed by atoms with Crippen LogP contribution >= 0.6 is 22.9 Å². The van der Waals surface area contributed by atoms with E-state index in [0.29, 0.717) is 4.34 Å². The number of halogens is 4. The van der Waals surface area contributed by atoms with E-state index in [1.807, 2.05) is 0 Å². The van der Waals surface area contributed by atoms with Crippen molar-refractivity contribution in [2.24, 2.45) is 4.36 Å². The maximum atomic E-state index is 12.6. The first kappa shape index (κ1) is 14.5. The predicted molar refractivity (Wildman–Crippen MR) is 61.7 cm³/mol. The van der Waals surface area contributed by atoms with E-state index in [0.717, 1.165) is 11.3 Å². The van der Waals surface area contributed by atoms with Crippen LogP contribution in [-0.4, -0.2) is 22.0 Å². The smallest absolute Gasteiger partial charge is 0.242 e. The molecule has 0 aromatic carbocycles. The van der Waals surface area contributed by atoms with Gasteiger partial charge < -0.3 is 0 Å². The second-order valence-corrected chi connectivity index (χ2v) is 7.23. The number of hydrogen-bond donors (Lipinski definition) is 0. The van der Waals surface area contributed by atoms with Crippen LogP contribution in [0.2, 0.25) is 4.34 Å². The largest absolute Gasteiger partial charge is 0.301 e. The normalized spacial score (nSPS) is 14.2. The Bertz CT molecular complexity index is 545. The molecule has 1 rings (SSSR count). The molecule has 1 aromatic heterocycles. The zero-order valence-corrected chi connectivity index (χ0v) is 11.0. The standard InChI is InChI=1S/C8H8ClF3N2OS2/c1-13-17(15,3-2-5(10)7(11)12)8-14-4-6(9)16-8/h4H,2-3H2,1H3. The van der Waals surface area contributed by atoms with Crippen LogP contribution in [0.1, 0.15) is 6.42 Å². The Morgan fingerprint density at radius 2 is 2.24 bits per heavy atom. The molecule has 0 N–H and O–H groups in total. The van der Waals surface area contributed by atoms with Crippen LogP contribution < -0.4 is 0 Å². The van der Waals surface area contributed by atoms with Gasteiger partial charge in [-0.1, -0.05) is 22.9 Å². The quantitative estimate of drug-likeness (QED) is 0.850. The molecule has 0 radical (unpaired) electrons. The third kappa shape index (κ3) is 3.68. The average Bonchev–Trinajstić information content (AvgIpc) is 2.72. The summed E-state index contributed by atoms with van der Waals surface area (Å²) in [6, 6.07) is 0. The summed E-state index contributed by atoms with van der Waals surface area (Å²) in [6.45, 7) is 0. The summed E-state index contributed by atoms with van der Waals surface area (Å²) in [6.07, 6.45) is -1.76. The van der Waals surface area contributed by atoms with E-state index in [-0.39, 0.29) is 10.1 Å². The minimum atomic E-state index is -2.97. The maximum absolute atomic E-state index is 12.6. The maximum Gasteiger partial charge on any atom is 0.301 e. The van der Waals surface area contributed by atoms with Crippen LogP contribution in [0, 0.1) is 0 Å². The van der Waals surface area contributed by atoms with Crippen molar-refractivity contribution in [3.8, 4) is 0 Å². The fraction of sp³-hybridized carbons (Fsp3) is 0.375. The number of nitrogens with zero attached hydrogens (tertiary/aromatic N) is 2. The van der Waals surface area contributed by atoms with E-state index < -0.39 is 28.1 Å². The van der Waals surface area contributed by atoms with Crippen molar-refractivity contribution in [2.45, 2.75) is 10.8 Å². The summed E-state index contributed by atoms with van der Waals surface area (Å²) in [7, 11) is -1.70. The van der Waals surface area contributed by atoms with Gasteiger partial charge in [0.2, 0.25) is 0 Å². The zero-order chi connectivity index (χ0) is 13.1. The van der Waals surface area contributed by atoms with Gasteiger partial charge in [-0.2, -0.15) is 8.78 Å². The van der Waals surface area contributed by atoms with Crippen LogP contribution in [0.15, 0.2) is 26.8 Å². The molecule has 0 aliphatic rings. The lowest BCUT2D eigenvalue weighted by atomic mass is 10.4. The number of thiazole rings is 1. The highest BCUT2D eigenvalue weighted by Gasteiger charge is 2.18. The summed E-state index contributed by atoms with van der Waals surface area (Å²) in [5, 5.41) is 0. The first-order chi connectivity index (χ1) is 7.89. The Hall–Kier alpha value is -0.600. The summed E-state index contributed by atoms with van der Waals surface area (Å²) < 4.78 is 52.6. The molecule has 96 valence electrons. The second kappa shape index (κ2) is 5.83. The van der Waals surface area contributed by atoms with Gasteiger partial charge in [-0.3, -0.25) is 0 Å². The van der Waals surface area contributed by atoms with E-state index in [9.17, 15) is 17.4 Å². The number of aromatic nitrogens is 1. The van der Waals surface area contributed by atoms with Gasteiger partial charge in [0.15, 0.2) is 10.2 Å². The van der Waals surface area contributed by atoms with Gasteiger partial charge in [0.25, 0.3) is 0 Å². The highest BCUT2D eigenvalue weighted by molar-refractivity contribution is 7.95. The molecule has 0 spiro atoms. The first-order valence-corrected chi connectivity index (χ1v) is 7.21. The summed E-state index contributed by atoms with van der Waals surface area (Å²) in [5.41, 5.74) is 0. The van der Waals surface area contributed by atoms with Crippen molar-refractivity contribution < 1.29 is 17.4 Å². The van der Waals surface area contributed by atoms with Crippen molar-refractivity contribution in [3.63, 3.8) is 0 Å². The molecule has 0 aliphatic heterocycles. The van der Waals surface area contributed by atoms with Crippen LogP contribution in [0.25, 0.3) is 0 Å². The van der Waals surface area contributed by atoms with Crippen LogP contribution in [0.4, 0.5) is 13.2 Å². The van der Waals surface area contributed by atoms with Gasteiger partial charge in [-0.25, -0.2) is 17.9 Å². The molecule has 1 heterocycles. The van der Waals surface area contributed by atoms with Gasteiger partial charge in [0, 0.05) is 19.2 Å². The van der Waals surface area contributed by atoms with Crippen molar-refractivity contribution in [1.82, 2.24) is 4.98 Å². The average molecular weight is 305 g/mol. The topological polar surface area (TPSA) is 42.3 Å². The first-order valence-electron chi connectivity index (χ1n) is 4.33. The molecule has 0 aliphatic carbocycles. The Kier molecular flexibility index (Phi) is 4.96. The fourth-order valence-corrected chi connectivity index (χ4v) is 4.20. The summed E-state index contributed by atoms with van der Waals surface area (Å²) >= 11 is 6.56. The summed E-state index contributed by atoms with van der Waals surface area (Å²) in [5.74, 6) is -1.93. The van der Waals surface area contributed by atoms with Crippen LogP contribution in [0.3, 0.4) is 0 Å². The van der Waals surface area contributed by atoms with Gasteiger partial charge in [-0.15, -0.1) is 0 Å². The van der Waals surface area contributed by atoms with E-state index in [2.05, 4.69) is 9.35 Å². The third-order valence-corrected chi connectivity index (χ3v) is 5.77. The molecule has 3 nitrogen and oxygen atoms in total. The molecule has 1 atom stereocenters. The van der Waals surface area contributed by atoms with Gasteiger partial charge in [-0.05, 0) is 0 Å². The second-order valence-electron chi connectivity index (χ2n) is 2.87. The van der Waals surface area contributed by atoms with Crippen molar-refractivity contribution >= 4 is 32.7 Å². The highest BCUT2D eigenvalue weighted by atomic mass is 35.5. The molecule has 0 amide bonds. The summed E-state index contributed by atoms with van der Waals surface area (Å²) in [4.78, 5) is 3.77. The fourth-order valence-electron chi connectivity index (χ4n) is 0.966. The lowest BCUT2D eigenvalue weighted by Crippen LogP contribution is -2.06. The van der Waals surface area contributed by atoms with Gasteiger partial charge in [0.05, 0.1) is 6.20 Å². The van der Waals surface area contributed by atoms with E-state index in [4.69, 9.17) is 11.6 Å². The third-order valence-electron chi connectivity index (χ3n) is 1.83. The van der Waals surface area contributed by atoms with Gasteiger partial charge in [0.1, 0.15) is 14.1 Å². The minimum Gasteiger partial charge on any atom is -0.242 e. The molecule has 0 fully saturated rings. The van der Waals surface area contributed by atoms with Crippen LogP contribution in [0.5, 0.6) is 0 Å². The van der Waals surface area contributed by atoms with E-state index in [1.165, 1.54) is 13.2 Å². The lowest BCUT2D eigenvalue weighted by molar-refractivity contribution is 0.373. The number of rotatable bonds is 4. The number of hydrogen-bond acceptors (Lipinski definition) is 4. The molecule has 9 heteroatoms. The van der Waals surface area contributed by atoms with E-state index >= 15 is 0 Å². The molecule has 17 heavy (non-hydrogen) atoms. The Morgan fingerprint density at radius 3 is 2.65 bits per heavy atom. The predicted octanol–water partition coefficient (Wildman–Crippen LogP) is 3.72. The molecule has 0 saturated heterocycles. The molecular weight excluding hydrogens is 297 g/mol. The van der Waals surface area contributed by atoms with Crippen molar-refractivity contribution in [3.05, 3.63) is 22.4 Å². The Morgan fingerprint density at radius 1 is 1.59 bits per heavy atom. The highest BCUT2D eigenvalue weighted by Crippen LogP contribution is 2.26. The molecule has 1 aromatic rings. The molecular formula is C8H8ClF3N2OS2. The Labute approximate surface area is 106 Å². The number of allylic oxidation sites excluding steroid dienone is 1. The minimum absolute atomic E-state index is 0.122. The van der Waals surface area contributed by atoms with E-state index in [1.54, 1.807) is 0 Å². The lowest BCUT2D eigenvalue weighted by Gasteiger charge is -2.04. The molecule has 0 bridgehead atoms. The van der Waals surface area contributed by atoms with Crippen molar-refractivity contribution in [2.75, 3.05) is 12.8 Å². The molecule has 0 saturated carbocycles. The van der Waals surface area contributed by atoms with Crippen LogP contribution in [-0.2, 0) is 9.73 Å². The van der Waals surface area contributed by atoms with Gasteiger partial charge >= 0.3 is 6.08 Å². The van der Waals surface area contributed by atoms with Crippen molar-refractivity contribution in [1.29, 1.82) is 0 Å². The Balaban J connectivity index is 2.93. The molecule has 1 unspecified atom stereocenters.